The lowest BCUT2D eigenvalue weighted by Gasteiger charge is -2.18. The van der Waals surface area contributed by atoms with E-state index in [4.69, 9.17) is 5.10 Å². The molecular weight excluding hydrogens is 210 g/mol. The van der Waals surface area contributed by atoms with E-state index in [0.717, 1.165) is 32.4 Å². The molecular formula is C14H27N3. The Kier molecular flexibility index (Phi) is 6.27. The smallest absolute Gasteiger partial charge is 0.0644 e. The van der Waals surface area contributed by atoms with Crippen LogP contribution in [0, 0.1) is 0 Å². The van der Waals surface area contributed by atoms with E-state index in [1.807, 2.05) is 0 Å². The van der Waals surface area contributed by atoms with Crippen LogP contribution in [-0.4, -0.2) is 22.9 Å². The van der Waals surface area contributed by atoms with Crippen molar-refractivity contribution < 1.29 is 0 Å². The Morgan fingerprint density at radius 3 is 2.53 bits per heavy atom. The molecule has 1 N–H and O–H groups in total. The molecule has 1 heterocycles. The molecule has 3 nitrogen and oxygen atoms in total. The summed E-state index contributed by atoms with van der Waals surface area (Å²) in [6.45, 7) is 10.9. The summed E-state index contributed by atoms with van der Waals surface area (Å²) in [6.07, 6.45) is 4.42. The topological polar surface area (TPSA) is 29.9 Å². The van der Waals surface area contributed by atoms with Crippen molar-refractivity contribution in [1.29, 1.82) is 0 Å². The second-order valence-corrected chi connectivity index (χ2v) is 4.54. The van der Waals surface area contributed by atoms with Crippen molar-refractivity contribution in [3.8, 4) is 0 Å². The van der Waals surface area contributed by atoms with Crippen molar-refractivity contribution >= 4 is 0 Å². The van der Waals surface area contributed by atoms with Gasteiger partial charge in [0.15, 0.2) is 0 Å². The highest BCUT2D eigenvalue weighted by molar-refractivity contribution is 5.11. The van der Waals surface area contributed by atoms with Gasteiger partial charge in [-0.15, -0.1) is 0 Å². The van der Waals surface area contributed by atoms with Crippen LogP contribution in [0.3, 0.4) is 0 Å². The van der Waals surface area contributed by atoms with Crippen LogP contribution in [-0.2, 0) is 12.8 Å². The van der Waals surface area contributed by atoms with Gasteiger partial charge in [0, 0.05) is 12.2 Å². The van der Waals surface area contributed by atoms with Crippen molar-refractivity contribution in [3.05, 3.63) is 17.5 Å². The lowest BCUT2D eigenvalue weighted by Crippen LogP contribution is -2.27. The number of rotatable bonds is 8. The van der Waals surface area contributed by atoms with Crippen LogP contribution in [0.25, 0.3) is 0 Å². The number of nitrogens with zero attached hydrogens (tertiary/aromatic N) is 2. The molecule has 0 spiro atoms. The van der Waals surface area contributed by atoms with E-state index in [1.54, 1.807) is 0 Å². The molecule has 3 heteroatoms. The summed E-state index contributed by atoms with van der Waals surface area (Å²) < 4.78 is 2.24. The van der Waals surface area contributed by atoms with Crippen LogP contribution in [0.15, 0.2) is 6.07 Å². The minimum Gasteiger partial charge on any atom is -0.315 e. The molecule has 0 radical (unpaired) electrons. The highest BCUT2D eigenvalue weighted by atomic mass is 15.3. The zero-order valence-electron chi connectivity index (χ0n) is 11.8. The first-order valence-electron chi connectivity index (χ1n) is 7.04. The van der Waals surface area contributed by atoms with Crippen molar-refractivity contribution in [2.45, 2.75) is 59.4 Å². The third kappa shape index (κ3) is 3.84. The van der Waals surface area contributed by atoms with Crippen molar-refractivity contribution in [2.75, 3.05) is 13.1 Å². The van der Waals surface area contributed by atoms with Gasteiger partial charge >= 0.3 is 0 Å². The highest BCUT2D eigenvalue weighted by Gasteiger charge is 2.13. The summed E-state index contributed by atoms with van der Waals surface area (Å²) in [4.78, 5) is 0. The van der Waals surface area contributed by atoms with E-state index < -0.39 is 0 Å². The lowest BCUT2D eigenvalue weighted by atomic mass is 10.2. The molecule has 1 unspecified atom stereocenters. The SMILES string of the molecule is CCCNCC(CC)n1nc(CC)cc1CC. The summed E-state index contributed by atoms with van der Waals surface area (Å²) >= 11 is 0. The molecule has 0 amide bonds. The Bertz CT molecular complexity index is 317. The normalized spacial score (nSPS) is 12.9. The second kappa shape index (κ2) is 7.49. The molecule has 0 aliphatic carbocycles. The highest BCUT2D eigenvalue weighted by Crippen LogP contribution is 2.15. The Hall–Kier alpha value is -0.830. The second-order valence-electron chi connectivity index (χ2n) is 4.54. The first-order valence-corrected chi connectivity index (χ1v) is 7.04. The van der Waals surface area contributed by atoms with Crippen LogP contribution in [0.2, 0.25) is 0 Å². The first-order chi connectivity index (χ1) is 8.26. The van der Waals surface area contributed by atoms with Gasteiger partial charge in [0.1, 0.15) is 0 Å². The standard InChI is InChI=1S/C14H27N3/c1-5-9-15-11-14(8-4)17-13(7-3)10-12(6-2)16-17/h10,14-15H,5-9,11H2,1-4H3. The maximum Gasteiger partial charge on any atom is 0.0644 e. The Labute approximate surface area is 106 Å². The van der Waals surface area contributed by atoms with Gasteiger partial charge in [-0.2, -0.15) is 5.10 Å². The zero-order chi connectivity index (χ0) is 12.7. The number of nitrogens with one attached hydrogen (secondary N) is 1. The Morgan fingerprint density at radius 2 is 2.00 bits per heavy atom. The van der Waals surface area contributed by atoms with E-state index in [1.165, 1.54) is 17.8 Å². The van der Waals surface area contributed by atoms with Gasteiger partial charge in [-0.25, -0.2) is 0 Å². The molecule has 0 fully saturated rings. The largest absolute Gasteiger partial charge is 0.315 e. The number of hydrogen-bond acceptors (Lipinski definition) is 2. The van der Waals surface area contributed by atoms with Crippen LogP contribution in [0.5, 0.6) is 0 Å². The molecule has 98 valence electrons. The number of aromatic nitrogens is 2. The summed E-state index contributed by atoms with van der Waals surface area (Å²) in [6, 6.07) is 2.75. The zero-order valence-corrected chi connectivity index (χ0v) is 11.8. The molecule has 1 rings (SSSR count). The molecule has 1 atom stereocenters. The van der Waals surface area contributed by atoms with Gasteiger partial charge in [-0.1, -0.05) is 27.7 Å². The molecule has 0 aliphatic heterocycles. The molecule has 17 heavy (non-hydrogen) atoms. The predicted octanol–water partition coefficient (Wildman–Crippen LogP) is 2.96. The number of aryl methyl sites for hydroxylation is 2. The summed E-state index contributed by atoms with van der Waals surface area (Å²) in [5.74, 6) is 0. The quantitative estimate of drug-likeness (QED) is 0.704. The average Bonchev–Trinajstić information content (AvgIpc) is 2.78. The fraction of sp³-hybridized carbons (Fsp3) is 0.786. The minimum absolute atomic E-state index is 0.497. The van der Waals surface area contributed by atoms with Crippen LogP contribution >= 0.6 is 0 Å². The molecule has 0 saturated carbocycles. The molecule has 0 bridgehead atoms. The van der Waals surface area contributed by atoms with Gasteiger partial charge in [0.25, 0.3) is 0 Å². The molecule has 0 aromatic carbocycles. The van der Waals surface area contributed by atoms with Gasteiger partial charge < -0.3 is 5.32 Å². The van der Waals surface area contributed by atoms with E-state index in [9.17, 15) is 0 Å². The molecule has 1 aromatic rings. The van der Waals surface area contributed by atoms with Crippen LogP contribution in [0.1, 0.15) is 58.0 Å². The lowest BCUT2D eigenvalue weighted by molar-refractivity contribution is 0.399. The third-order valence-corrected chi connectivity index (χ3v) is 3.21. The fourth-order valence-electron chi connectivity index (χ4n) is 2.09. The van der Waals surface area contributed by atoms with Gasteiger partial charge in [0.2, 0.25) is 0 Å². The van der Waals surface area contributed by atoms with E-state index in [-0.39, 0.29) is 0 Å². The van der Waals surface area contributed by atoms with Crippen LogP contribution in [0.4, 0.5) is 0 Å². The van der Waals surface area contributed by atoms with Crippen LogP contribution < -0.4 is 5.32 Å². The average molecular weight is 237 g/mol. The molecule has 1 aromatic heterocycles. The maximum absolute atomic E-state index is 4.73. The van der Waals surface area contributed by atoms with E-state index >= 15 is 0 Å². The monoisotopic (exact) mass is 237 g/mol. The summed E-state index contributed by atoms with van der Waals surface area (Å²) in [5, 5.41) is 8.23. The number of hydrogen-bond donors (Lipinski definition) is 1. The Balaban J connectivity index is 2.75. The third-order valence-electron chi connectivity index (χ3n) is 3.21. The summed E-state index contributed by atoms with van der Waals surface area (Å²) in [7, 11) is 0. The van der Waals surface area contributed by atoms with Crippen molar-refractivity contribution in [3.63, 3.8) is 0 Å². The first kappa shape index (κ1) is 14.2. The van der Waals surface area contributed by atoms with E-state index in [0.29, 0.717) is 6.04 Å². The fourth-order valence-corrected chi connectivity index (χ4v) is 2.09. The van der Waals surface area contributed by atoms with Crippen molar-refractivity contribution in [1.82, 2.24) is 15.1 Å². The Morgan fingerprint density at radius 1 is 1.24 bits per heavy atom. The van der Waals surface area contributed by atoms with Gasteiger partial charge in [-0.3, -0.25) is 4.68 Å². The van der Waals surface area contributed by atoms with Gasteiger partial charge in [0.05, 0.1) is 11.7 Å². The van der Waals surface area contributed by atoms with E-state index in [2.05, 4.69) is 43.8 Å². The predicted molar refractivity (Wildman–Crippen MR) is 73.5 cm³/mol. The van der Waals surface area contributed by atoms with Gasteiger partial charge in [-0.05, 0) is 38.3 Å². The maximum atomic E-state index is 4.73. The molecule has 0 aliphatic rings. The minimum atomic E-state index is 0.497. The summed E-state index contributed by atoms with van der Waals surface area (Å²) in [5.41, 5.74) is 2.59. The van der Waals surface area contributed by atoms with Crippen molar-refractivity contribution in [2.24, 2.45) is 0 Å². The molecule has 0 saturated heterocycles.